The van der Waals surface area contributed by atoms with Crippen molar-refractivity contribution in [2.24, 2.45) is 23.7 Å². The van der Waals surface area contributed by atoms with Gasteiger partial charge in [0, 0.05) is 12.1 Å². The molecule has 1 aromatic rings. The maximum atomic E-state index is 6.19. The van der Waals surface area contributed by atoms with Crippen molar-refractivity contribution < 1.29 is 4.74 Å². The van der Waals surface area contributed by atoms with Crippen LogP contribution in [0, 0.1) is 23.7 Å². The molecule has 2 saturated carbocycles. The van der Waals surface area contributed by atoms with Crippen molar-refractivity contribution in [2.75, 3.05) is 13.2 Å². The van der Waals surface area contributed by atoms with E-state index in [0.29, 0.717) is 5.92 Å². The van der Waals surface area contributed by atoms with Crippen LogP contribution in [0.1, 0.15) is 45.1 Å². The van der Waals surface area contributed by atoms with E-state index in [1.807, 2.05) is 0 Å². The maximum absolute atomic E-state index is 6.19. The maximum Gasteiger partial charge on any atom is 0.123 e. The SMILES string of the molecule is CC(C)CNCc1ccccc1OCC1CC2CCC1C2. The number of fused-ring (bicyclic) bond motifs is 2. The highest BCUT2D eigenvalue weighted by Gasteiger charge is 2.39. The van der Waals surface area contributed by atoms with E-state index in [0.717, 1.165) is 43.2 Å². The normalized spacial score (nSPS) is 27.5. The summed E-state index contributed by atoms with van der Waals surface area (Å²) in [5, 5.41) is 3.52. The van der Waals surface area contributed by atoms with Gasteiger partial charge in [0.25, 0.3) is 0 Å². The molecule has 2 nitrogen and oxygen atoms in total. The molecule has 0 heterocycles. The van der Waals surface area contributed by atoms with E-state index in [1.165, 1.54) is 31.2 Å². The molecule has 21 heavy (non-hydrogen) atoms. The Hall–Kier alpha value is -1.02. The summed E-state index contributed by atoms with van der Waals surface area (Å²) in [5.74, 6) is 4.52. The zero-order valence-electron chi connectivity index (χ0n) is 13.5. The van der Waals surface area contributed by atoms with E-state index >= 15 is 0 Å². The molecule has 3 atom stereocenters. The van der Waals surface area contributed by atoms with Gasteiger partial charge in [-0.2, -0.15) is 0 Å². The Morgan fingerprint density at radius 1 is 1.19 bits per heavy atom. The predicted octanol–water partition coefficient (Wildman–Crippen LogP) is 4.25. The number of hydrogen-bond donors (Lipinski definition) is 1. The summed E-state index contributed by atoms with van der Waals surface area (Å²) in [5.41, 5.74) is 1.29. The lowest BCUT2D eigenvalue weighted by atomic mass is 9.89. The number of para-hydroxylation sites is 1. The average Bonchev–Trinajstić information content (AvgIpc) is 3.08. The lowest BCUT2D eigenvalue weighted by Gasteiger charge is -2.22. The van der Waals surface area contributed by atoms with Crippen LogP contribution in [-0.4, -0.2) is 13.2 Å². The average molecular weight is 287 g/mol. The molecule has 2 bridgehead atoms. The van der Waals surface area contributed by atoms with Crippen LogP contribution in [0.4, 0.5) is 0 Å². The van der Waals surface area contributed by atoms with E-state index in [-0.39, 0.29) is 0 Å². The highest BCUT2D eigenvalue weighted by Crippen LogP contribution is 2.48. The van der Waals surface area contributed by atoms with Crippen molar-refractivity contribution in [1.29, 1.82) is 0 Å². The first-order chi connectivity index (χ1) is 10.2. The fourth-order valence-corrected chi connectivity index (χ4v) is 4.06. The highest BCUT2D eigenvalue weighted by molar-refractivity contribution is 5.33. The monoisotopic (exact) mass is 287 g/mol. The molecular weight excluding hydrogens is 258 g/mol. The van der Waals surface area contributed by atoms with Gasteiger partial charge in [0.05, 0.1) is 6.61 Å². The molecule has 0 spiro atoms. The van der Waals surface area contributed by atoms with Crippen LogP contribution in [0.2, 0.25) is 0 Å². The Morgan fingerprint density at radius 2 is 2.05 bits per heavy atom. The molecule has 0 aliphatic heterocycles. The van der Waals surface area contributed by atoms with Crippen LogP contribution in [0.15, 0.2) is 24.3 Å². The third-order valence-electron chi connectivity index (χ3n) is 5.18. The fourth-order valence-electron chi connectivity index (χ4n) is 4.06. The second kappa shape index (κ2) is 6.83. The highest BCUT2D eigenvalue weighted by atomic mass is 16.5. The van der Waals surface area contributed by atoms with Crippen molar-refractivity contribution in [3.63, 3.8) is 0 Å². The van der Waals surface area contributed by atoms with Gasteiger partial charge in [-0.05, 0) is 55.5 Å². The van der Waals surface area contributed by atoms with Crippen molar-refractivity contribution in [3.8, 4) is 5.75 Å². The Morgan fingerprint density at radius 3 is 2.76 bits per heavy atom. The summed E-state index contributed by atoms with van der Waals surface area (Å²) in [6.07, 6.45) is 5.78. The van der Waals surface area contributed by atoms with Crippen LogP contribution >= 0.6 is 0 Å². The molecule has 0 aromatic heterocycles. The minimum absolute atomic E-state index is 0.687. The Balaban J connectivity index is 1.52. The minimum atomic E-state index is 0.687. The van der Waals surface area contributed by atoms with E-state index in [4.69, 9.17) is 4.74 Å². The molecule has 0 saturated heterocycles. The van der Waals surface area contributed by atoms with E-state index in [1.54, 1.807) is 0 Å². The molecule has 2 fully saturated rings. The summed E-state index contributed by atoms with van der Waals surface area (Å²) in [6, 6.07) is 8.50. The summed E-state index contributed by atoms with van der Waals surface area (Å²) in [7, 11) is 0. The number of nitrogens with one attached hydrogen (secondary N) is 1. The summed E-state index contributed by atoms with van der Waals surface area (Å²) in [4.78, 5) is 0. The van der Waals surface area contributed by atoms with Crippen LogP contribution in [0.25, 0.3) is 0 Å². The van der Waals surface area contributed by atoms with Crippen molar-refractivity contribution in [1.82, 2.24) is 5.32 Å². The van der Waals surface area contributed by atoms with Gasteiger partial charge in [0.15, 0.2) is 0 Å². The minimum Gasteiger partial charge on any atom is -0.493 e. The molecule has 2 aliphatic rings. The molecule has 2 heteroatoms. The number of rotatable bonds is 7. The summed E-state index contributed by atoms with van der Waals surface area (Å²) in [6.45, 7) is 7.36. The quantitative estimate of drug-likeness (QED) is 0.809. The van der Waals surface area contributed by atoms with Crippen molar-refractivity contribution >= 4 is 0 Å². The first-order valence-electron chi connectivity index (χ1n) is 8.63. The first kappa shape index (κ1) is 14.9. The molecule has 0 radical (unpaired) electrons. The molecular formula is C19H29NO. The standard InChI is InChI=1S/C19H29NO/c1-14(2)11-20-12-17-5-3-4-6-19(17)21-13-18-10-15-7-8-16(18)9-15/h3-6,14-16,18,20H,7-13H2,1-2H3. The molecule has 2 aliphatic carbocycles. The van der Waals surface area contributed by atoms with Gasteiger partial charge in [0.2, 0.25) is 0 Å². The number of benzene rings is 1. The molecule has 0 amide bonds. The zero-order chi connectivity index (χ0) is 14.7. The van der Waals surface area contributed by atoms with Crippen LogP contribution in [0.3, 0.4) is 0 Å². The topological polar surface area (TPSA) is 21.3 Å². The third kappa shape index (κ3) is 3.79. The number of ether oxygens (including phenoxy) is 1. The van der Waals surface area contributed by atoms with Gasteiger partial charge >= 0.3 is 0 Å². The smallest absolute Gasteiger partial charge is 0.123 e. The Labute approximate surface area is 129 Å². The van der Waals surface area contributed by atoms with Crippen molar-refractivity contribution in [3.05, 3.63) is 29.8 Å². The van der Waals surface area contributed by atoms with Gasteiger partial charge in [-0.3, -0.25) is 0 Å². The second-order valence-corrected chi connectivity index (χ2v) is 7.38. The van der Waals surface area contributed by atoms with Gasteiger partial charge in [0.1, 0.15) is 5.75 Å². The van der Waals surface area contributed by atoms with E-state index in [2.05, 4.69) is 43.4 Å². The lowest BCUT2D eigenvalue weighted by Crippen LogP contribution is -2.21. The van der Waals surface area contributed by atoms with Crippen LogP contribution < -0.4 is 10.1 Å². The lowest BCUT2D eigenvalue weighted by molar-refractivity contribution is 0.193. The zero-order valence-corrected chi connectivity index (χ0v) is 13.5. The summed E-state index contributed by atoms with van der Waals surface area (Å²) < 4.78 is 6.19. The van der Waals surface area contributed by atoms with Gasteiger partial charge < -0.3 is 10.1 Å². The Bertz CT molecular complexity index is 457. The molecule has 1 N–H and O–H groups in total. The fraction of sp³-hybridized carbons (Fsp3) is 0.684. The molecule has 3 rings (SSSR count). The third-order valence-corrected chi connectivity index (χ3v) is 5.18. The Kier molecular flexibility index (Phi) is 4.84. The summed E-state index contributed by atoms with van der Waals surface area (Å²) >= 11 is 0. The second-order valence-electron chi connectivity index (χ2n) is 7.38. The largest absolute Gasteiger partial charge is 0.493 e. The van der Waals surface area contributed by atoms with E-state index < -0.39 is 0 Å². The molecule has 1 aromatic carbocycles. The van der Waals surface area contributed by atoms with E-state index in [9.17, 15) is 0 Å². The number of hydrogen-bond acceptors (Lipinski definition) is 2. The van der Waals surface area contributed by atoms with Crippen LogP contribution in [0.5, 0.6) is 5.75 Å². The van der Waals surface area contributed by atoms with Gasteiger partial charge in [-0.1, -0.05) is 38.5 Å². The van der Waals surface area contributed by atoms with Gasteiger partial charge in [-0.15, -0.1) is 0 Å². The van der Waals surface area contributed by atoms with Crippen molar-refractivity contribution in [2.45, 2.75) is 46.1 Å². The molecule has 3 unspecified atom stereocenters. The first-order valence-corrected chi connectivity index (χ1v) is 8.63. The molecule has 116 valence electrons. The van der Waals surface area contributed by atoms with Gasteiger partial charge in [-0.25, -0.2) is 0 Å². The predicted molar refractivity (Wildman–Crippen MR) is 87.4 cm³/mol. The van der Waals surface area contributed by atoms with Crippen LogP contribution in [-0.2, 0) is 6.54 Å².